The molecule has 1 aromatic heterocycles. The third-order valence-corrected chi connectivity index (χ3v) is 7.24. The maximum absolute atomic E-state index is 14.2. The quantitative estimate of drug-likeness (QED) is 0.430. The molecule has 11 heteroatoms. The highest BCUT2D eigenvalue weighted by molar-refractivity contribution is 6.30. The standard InChI is InChI=1S/C24H23ClFN5O4/c25-15-6-3-4-13(20(15)26)10-28-21(33)18-8-24(12-32)9-19(24)31(18)23(35)29-16-11-30(22(27)34)17-7-2-1-5-14(16)17/h1-7,11,18-19,32H,8-10,12H2,(H2,27,34)(H,28,33)(H,29,35)/t18-,19-,24+/m0/s1. The topological polar surface area (TPSA) is 130 Å². The van der Waals surface area contributed by atoms with Crippen LogP contribution in [0.15, 0.2) is 48.7 Å². The Labute approximate surface area is 204 Å². The fraction of sp³-hybridized carbons (Fsp3) is 0.292. The van der Waals surface area contributed by atoms with Crippen molar-refractivity contribution in [2.24, 2.45) is 11.1 Å². The number of aromatic nitrogens is 1. The number of carbonyl (C=O) groups excluding carboxylic acids is 3. The van der Waals surface area contributed by atoms with Crippen molar-refractivity contribution in [2.45, 2.75) is 31.5 Å². The highest BCUT2D eigenvalue weighted by atomic mass is 35.5. The third kappa shape index (κ3) is 3.88. The molecule has 2 aliphatic rings. The third-order valence-electron chi connectivity index (χ3n) is 6.95. The summed E-state index contributed by atoms with van der Waals surface area (Å²) < 4.78 is 15.5. The second kappa shape index (κ2) is 8.54. The first-order valence-corrected chi connectivity index (χ1v) is 11.4. The molecule has 1 aliphatic carbocycles. The largest absolute Gasteiger partial charge is 0.396 e. The number of para-hydroxylation sites is 1. The molecular weight excluding hydrogens is 477 g/mol. The number of nitrogens with one attached hydrogen (secondary N) is 2. The zero-order valence-corrected chi connectivity index (χ0v) is 19.3. The number of urea groups is 1. The molecule has 2 aromatic carbocycles. The minimum atomic E-state index is -0.854. The van der Waals surface area contributed by atoms with Crippen LogP contribution >= 0.6 is 11.6 Å². The average molecular weight is 500 g/mol. The van der Waals surface area contributed by atoms with Crippen LogP contribution in [0.3, 0.4) is 0 Å². The number of hydrogen-bond acceptors (Lipinski definition) is 4. The van der Waals surface area contributed by atoms with Crippen molar-refractivity contribution < 1.29 is 23.9 Å². The number of halogens is 2. The molecule has 9 nitrogen and oxygen atoms in total. The maximum Gasteiger partial charge on any atom is 0.323 e. The molecule has 1 saturated heterocycles. The molecule has 5 rings (SSSR count). The van der Waals surface area contributed by atoms with E-state index in [9.17, 15) is 23.9 Å². The molecule has 2 heterocycles. The Bertz CT molecular complexity index is 1360. The Balaban J connectivity index is 1.37. The van der Waals surface area contributed by atoms with Crippen LogP contribution in [0.2, 0.25) is 5.02 Å². The molecule has 1 aliphatic heterocycles. The predicted molar refractivity (Wildman–Crippen MR) is 127 cm³/mol. The van der Waals surface area contributed by atoms with E-state index in [0.717, 1.165) is 0 Å². The minimum Gasteiger partial charge on any atom is -0.396 e. The normalized spacial score (nSPS) is 22.7. The fourth-order valence-electron chi connectivity index (χ4n) is 5.00. The number of anilines is 1. The van der Waals surface area contributed by atoms with Crippen molar-refractivity contribution in [1.29, 1.82) is 0 Å². The van der Waals surface area contributed by atoms with Gasteiger partial charge in [0.25, 0.3) is 0 Å². The first-order valence-electron chi connectivity index (χ1n) is 11.1. The Morgan fingerprint density at radius 1 is 1.17 bits per heavy atom. The lowest BCUT2D eigenvalue weighted by Gasteiger charge is -2.27. The molecule has 2 fully saturated rings. The summed E-state index contributed by atoms with van der Waals surface area (Å²) in [6, 6.07) is 9.07. The van der Waals surface area contributed by atoms with Crippen molar-refractivity contribution >= 4 is 46.2 Å². The van der Waals surface area contributed by atoms with E-state index in [1.165, 1.54) is 27.8 Å². The summed E-state index contributed by atoms with van der Waals surface area (Å²) in [6.07, 6.45) is 2.30. The van der Waals surface area contributed by atoms with Gasteiger partial charge in [0, 0.05) is 35.1 Å². The maximum atomic E-state index is 14.2. The van der Waals surface area contributed by atoms with Crippen molar-refractivity contribution in [3.05, 3.63) is 65.1 Å². The van der Waals surface area contributed by atoms with Crippen LogP contribution in [0.4, 0.5) is 19.7 Å². The highest BCUT2D eigenvalue weighted by Gasteiger charge is 2.67. The molecule has 4 amide bonds. The summed E-state index contributed by atoms with van der Waals surface area (Å²) in [5.74, 6) is -1.07. The van der Waals surface area contributed by atoms with Crippen LogP contribution in [0.1, 0.15) is 18.4 Å². The van der Waals surface area contributed by atoms with Crippen LogP contribution < -0.4 is 16.4 Å². The number of nitrogens with zero attached hydrogens (tertiary/aromatic N) is 2. The molecular formula is C24H23ClFN5O4. The van der Waals surface area contributed by atoms with Crippen LogP contribution in [0, 0.1) is 11.2 Å². The van der Waals surface area contributed by atoms with Gasteiger partial charge < -0.3 is 26.4 Å². The average Bonchev–Trinajstić information content (AvgIpc) is 3.27. The first-order chi connectivity index (χ1) is 16.8. The zero-order valence-electron chi connectivity index (χ0n) is 18.5. The van der Waals surface area contributed by atoms with Crippen molar-refractivity contribution in [1.82, 2.24) is 14.8 Å². The van der Waals surface area contributed by atoms with Gasteiger partial charge in [-0.1, -0.05) is 41.9 Å². The van der Waals surface area contributed by atoms with Gasteiger partial charge in [0.15, 0.2) is 0 Å². The molecule has 0 spiro atoms. The van der Waals surface area contributed by atoms with Gasteiger partial charge >= 0.3 is 12.1 Å². The molecule has 0 unspecified atom stereocenters. The monoisotopic (exact) mass is 499 g/mol. The number of likely N-dealkylation sites (tertiary alicyclic amines) is 1. The lowest BCUT2D eigenvalue weighted by Crippen LogP contribution is -2.49. The first kappa shape index (κ1) is 23.1. The van der Waals surface area contributed by atoms with Crippen molar-refractivity contribution in [3.8, 4) is 0 Å². The summed E-state index contributed by atoms with van der Waals surface area (Å²) in [5.41, 5.74) is 6.04. The van der Waals surface area contributed by atoms with E-state index in [-0.39, 0.29) is 36.2 Å². The summed E-state index contributed by atoms with van der Waals surface area (Å²) in [7, 11) is 0. The number of primary amides is 1. The number of piperidine rings is 1. The fourth-order valence-corrected chi connectivity index (χ4v) is 5.20. The molecule has 3 atom stereocenters. The molecule has 35 heavy (non-hydrogen) atoms. The Morgan fingerprint density at radius 2 is 1.94 bits per heavy atom. The van der Waals surface area contributed by atoms with E-state index in [1.807, 2.05) is 0 Å². The Morgan fingerprint density at radius 3 is 2.69 bits per heavy atom. The van der Waals surface area contributed by atoms with Crippen molar-refractivity contribution in [3.63, 3.8) is 0 Å². The van der Waals surface area contributed by atoms with Gasteiger partial charge in [-0.25, -0.2) is 14.0 Å². The van der Waals surface area contributed by atoms with Gasteiger partial charge in [0.2, 0.25) is 5.91 Å². The summed E-state index contributed by atoms with van der Waals surface area (Å²) >= 11 is 5.82. The SMILES string of the molecule is NC(=O)n1cc(NC(=O)N2[C@H]3C[C@@]3(CO)C[C@H]2C(=O)NCc2cccc(Cl)c2F)c2ccccc21. The Hall–Kier alpha value is -3.63. The van der Waals surface area contributed by atoms with E-state index in [4.69, 9.17) is 17.3 Å². The zero-order chi connectivity index (χ0) is 24.9. The van der Waals surface area contributed by atoms with Crippen LogP contribution in [0.25, 0.3) is 10.9 Å². The molecule has 1 saturated carbocycles. The van der Waals surface area contributed by atoms with Gasteiger partial charge in [-0.2, -0.15) is 0 Å². The van der Waals surface area contributed by atoms with E-state index in [1.54, 1.807) is 30.3 Å². The number of aliphatic hydroxyl groups excluding tert-OH is 1. The second-order valence-electron chi connectivity index (χ2n) is 9.00. The Kier molecular flexibility index (Phi) is 5.65. The van der Waals surface area contributed by atoms with Gasteiger partial charge in [-0.15, -0.1) is 0 Å². The predicted octanol–water partition coefficient (Wildman–Crippen LogP) is 3.03. The number of fused-ring (bicyclic) bond motifs is 2. The number of aliphatic hydroxyl groups is 1. The number of rotatable bonds is 5. The van der Waals surface area contributed by atoms with Crippen molar-refractivity contribution in [2.75, 3.05) is 11.9 Å². The van der Waals surface area contributed by atoms with E-state index < -0.39 is 35.2 Å². The number of amides is 4. The van der Waals surface area contributed by atoms with Gasteiger partial charge in [0.1, 0.15) is 11.9 Å². The minimum absolute atomic E-state index is 0.0470. The lowest BCUT2D eigenvalue weighted by molar-refractivity contribution is -0.125. The van der Waals surface area contributed by atoms with Gasteiger partial charge in [-0.3, -0.25) is 9.36 Å². The summed E-state index contributed by atoms with van der Waals surface area (Å²) in [5, 5.41) is 16.0. The highest BCUT2D eigenvalue weighted by Crippen LogP contribution is 2.59. The molecule has 0 radical (unpaired) electrons. The number of benzene rings is 2. The summed E-state index contributed by atoms with van der Waals surface area (Å²) in [6.45, 7) is -0.255. The van der Waals surface area contributed by atoms with Crippen LogP contribution in [0.5, 0.6) is 0 Å². The number of carbonyl (C=O) groups is 3. The van der Waals surface area contributed by atoms with Crippen LogP contribution in [-0.4, -0.2) is 51.2 Å². The lowest BCUT2D eigenvalue weighted by atomic mass is 10.0. The molecule has 182 valence electrons. The number of hydrogen-bond donors (Lipinski definition) is 4. The smallest absolute Gasteiger partial charge is 0.323 e. The molecule has 5 N–H and O–H groups in total. The van der Waals surface area contributed by atoms with Crippen LogP contribution in [-0.2, 0) is 11.3 Å². The van der Waals surface area contributed by atoms with E-state index in [0.29, 0.717) is 23.0 Å². The molecule has 0 bridgehead atoms. The summed E-state index contributed by atoms with van der Waals surface area (Å²) in [4.78, 5) is 39.7. The van der Waals surface area contributed by atoms with Gasteiger partial charge in [-0.05, 0) is 25.0 Å². The number of nitrogens with two attached hydrogens (primary N) is 1. The van der Waals surface area contributed by atoms with E-state index in [2.05, 4.69) is 10.6 Å². The van der Waals surface area contributed by atoms with E-state index >= 15 is 0 Å². The second-order valence-corrected chi connectivity index (χ2v) is 9.40. The molecule has 3 aromatic rings. The van der Waals surface area contributed by atoms with Gasteiger partial charge in [0.05, 0.1) is 22.8 Å².